The molecule has 1 amide bonds. The molecule has 1 aliphatic carbocycles. The Morgan fingerprint density at radius 3 is 2.66 bits per heavy atom. The van der Waals surface area contributed by atoms with Gasteiger partial charge in [-0.1, -0.05) is 37.5 Å². The normalized spacial score (nSPS) is 25.7. The Morgan fingerprint density at radius 1 is 1.16 bits per heavy atom. The lowest BCUT2D eigenvalue weighted by Crippen LogP contribution is -2.41. The summed E-state index contributed by atoms with van der Waals surface area (Å²) >= 11 is 0. The number of hydrogen-bond acceptors (Lipinski definition) is 9. The van der Waals surface area contributed by atoms with Crippen LogP contribution in [0, 0.1) is 17.2 Å². The number of benzene rings is 1. The van der Waals surface area contributed by atoms with Crippen LogP contribution in [0.25, 0.3) is 5.52 Å². The van der Waals surface area contributed by atoms with Crippen molar-refractivity contribution >= 4 is 23.2 Å². The lowest BCUT2D eigenvalue weighted by atomic mass is 9.87. The zero-order valence-electron chi connectivity index (χ0n) is 20.7. The number of ether oxygens (including phenoxy) is 2. The molecule has 1 aliphatic heterocycles. The van der Waals surface area contributed by atoms with Gasteiger partial charge >= 0.3 is 5.97 Å². The molecule has 0 radical (unpaired) electrons. The van der Waals surface area contributed by atoms with Crippen molar-refractivity contribution in [3.05, 3.63) is 60.0 Å². The number of nitrogens with one attached hydrogen (secondary N) is 1. The lowest BCUT2D eigenvalue weighted by Gasteiger charge is -2.24. The van der Waals surface area contributed by atoms with Crippen molar-refractivity contribution in [1.29, 1.82) is 5.26 Å². The van der Waals surface area contributed by atoms with Gasteiger partial charge in [0.2, 0.25) is 5.60 Å². The van der Waals surface area contributed by atoms with Gasteiger partial charge in [-0.2, -0.15) is 10.4 Å². The number of fused-ring (bicyclic) bond motifs is 1. The minimum absolute atomic E-state index is 0.134. The van der Waals surface area contributed by atoms with Gasteiger partial charge < -0.3 is 25.0 Å². The molecule has 3 aromatic rings. The molecule has 2 aliphatic rings. The number of carbonyl (C=O) groups excluding carboxylic acids is 2. The fourth-order valence-corrected chi connectivity index (χ4v) is 5.26. The molecule has 1 saturated carbocycles. The molecule has 2 aromatic heterocycles. The van der Waals surface area contributed by atoms with Crippen LogP contribution in [-0.4, -0.2) is 61.6 Å². The third-order valence-corrected chi connectivity index (χ3v) is 7.31. The molecule has 2 fully saturated rings. The highest BCUT2D eigenvalue weighted by Crippen LogP contribution is 2.40. The monoisotopic (exact) mass is 519 g/mol. The van der Waals surface area contributed by atoms with Crippen molar-refractivity contribution in [3.63, 3.8) is 0 Å². The number of aliphatic hydroxyl groups excluding tert-OH is 2. The smallest absolute Gasteiger partial charge is 0.306 e. The fraction of sp³-hybridized carbons (Fsp3) is 0.444. The van der Waals surface area contributed by atoms with Crippen LogP contribution in [0.2, 0.25) is 0 Å². The third-order valence-electron chi connectivity index (χ3n) is 7.31. The topological polar surface area (TPSA) is 159 Å². The van der Waals surface area contributed by atoms with Crippen LogP contribution in [0.1, 0.15) is 54.6 Å². The van der Waals surface area contributed by atoms with Crippen molar-refractivity contribution < 1.29 is 29.3 Å². The molecular formula is C27H29N5O6. The SMILES string of the molecule is N#CC1(c2ccc3c(NC(=O)c4ccccc4)ncnn23)O[C@H](COC(=O)CC2CCCCC2)[C@@H](O)[C@H]1O. The second-order valence-electron chi connectivity index (χ2n) is 9.77. The Balaban J connectivity index is 1.34. The van der Waals surface area contributed by atoms with Crippen molar-refractivity contribution in [2.45, 2.75) is 62.4 Å². The quantitative estimate of drug-likeness (QED) is 0.398. The van der Waals surface area contributed by atoms with Crippen molar-refractivity contribution in [1.82, 2.24) is 14.6 Å². The van der Waals surface area contributed by atoms with Gasteiger partial charge in [0.1, 0.15) is 42.8 Å². The Morgan fingerprint density at radius 2 is 1.92 bits per heavy atom. The first-order valence-corrected chi connectivity index (χ1v) is 12.7. The molecule has 5 rings (SSSR count). The number of amides is 1. The van der Waals surface area contributed by atoms with E-state index in [4.69, 9.17) is 9.47 Å². The highest BCUT2D eigenvalue weighted by Gasteiger charge is 2.57. The van der Waals surface area contributed by atoms with Crippen LogP contribution in [0.4, 0.5) is 5.82 Å². The Hall–Kier alpha value is -3.85. The summed E-state index contributed by atoms with van der Waals surface area (Å²) in [7, 11) is 0. The van der Waals surface area contributed by atoms with Crippen LogP contribution in [0.3, 0.4) is 0 Å². The van der Waals surface area contributed by atoms with E-state index in [1.807, 2.05) is 6.07 Å². The largest absolute Gasteiger partial charge is 0.463 e. The molecule has 4 atom stereocenters. The Labute approximate surface area is 219 Å². The summed E-state index contributed by atoms with van der Waals surface area (Å²) < 4.78 is 12.6. The van der Waals surface area contributed by atoms with E-state index in [-0.39, 0.29) is 29.9 Å². The summed E-state index contributed by atoms with van der Waals surface area (Å²) in [5, 5.41) is 38.7. The van der Waals surface area contributed by atoms with Crippen LogP contribution in [-0.2, 0) is 19.9 Å². The van der Waals surface area contributed by atoms with E-state index < -0.39 is 29.9 Å². The maximum Gasteiger partial charge on any atom is 0.306 e. The second kappa shape index (κ2) is 10.9. The van der Waals surface area contributed by atoms with Crippen LogP contribution < -0.4 is 5.32 Å². The second-order valence-corrected chi connectivity index (χ2v) is 9.77. The number of aliphatic hydroxyl groups is 2. The van der Waals surface area contributed by atoms with Gasteiger partial charge in [0, 0.05) is 12.0 Å². The molecule has 1 unspecified atom stereocenters. The van der Waals surface area contributed by atoms with Gasteiger partial charge in [0.05, 0.1) is 5.69 Å². The predicted octanol–water partition coefficient (Wildman–Crippen LogP) is 2.33. The summed E-state index contributed by atoms with van der Waals surface area (Å²) in [4.78, 5) is 29.2. The lowest BCUT2D eigenvalue weighted by molar-refractivity contribution is -0.152. The van der Waals surface area contributed by atoms with Gasteiger partial charge in [0.25, 0.3) is 5.91 Å². The molecule has 1 aromatic carbocycles. The van der Waals surface area contributed by atoms with E-state index in [1.54, 1.807) is 36.4 Å². The van der Waals surface area contributed by atoms with Gasteiger partial charge in [-0.3, -0.25) is 9.59 Å². The number of esters is 1. The van der Waals surface area contributed by atoms with Crippen LogP contribution in [0.15, 0.2) is 48.8 Å². The molecule has 3 heterocycles. The summed E-state index contributed by atoms with van der Waals surface area (Å²) in [6.45, 7) is -0.302. The molecule has 0 spiro atoms. The number of hydrogen-bond donors (Lipinski definition) is 3. The number of nitriles is 1. The van der Waals surface area contributed by atoms with E-state index in [0.29, 0.717) is 17.5 Å². The maximum absolute atomic E-state index is 12.7. The highest BCUT2D eigenvalue weighted by atomic mass is 16.6. The van der Waals surface area contributed by atoms with Gasteiger partial charge in [-0.15, -0.1) is 0 Å². The van der Waals surface area contributed by atoms with Crippen LogP contribution >= 0.6 is 0 Å². The number of rotatable bonds is 7. The summed E-state index contributed by atoms with van der Waals surface area (Å²) in [5.74, 6) is -0.296. The molecule has 3 N–H and O–H groups in total. The molecular weight excluding hydrogens is 490 g/mol. The molecule has 38 heavy (non-hydrogen) atoms. The zero-order chi connectivity index (χ0) is 26.7. The maximum atomic E-state index is 12.7. The summed E-state index contributed by atoms with van der Waals surface area (Å²) in [5.41, 5.74) is -1.08. The van der Waals surface area contributed by atoms with Gasteiger partial charge in [0.15, 0.2) is 5.82 Å². The number of carbonyl (C=O) groups is 2. The first-order valence-electron chi connectivity index (χ1n) is 12.7. The first-order chi connectivity index (χ1) is 18.4. The molecule has 1 saturated heterocycles. The molecule has 198 valence electrons. The number of nitrogens with zero attached hydrogens (tertiary/aromatic N) is 4. The number of anilines is 1. The average Bonchev–Trinajstić information content (AvgIpc) is 3.49. The third kappa shape index (κ3) is 4.86. The molecule has 0 bridgehead atoms. The van der Waals surface area contributed by atoms with E-state index in [0.717, 1.165) is 25.7 Å². The summed E-state index contributed by atoms with van der Waals surface area (Å²) in [6.07, 6.45) is 2.61. The van der Waals surface area contributed by atoms with E-state index in [1.165, 1.54) is 23.3 Å². The number of aromatic nitrogens is 3. The zero-order valence-corrected chi connectivity index (χ0v) is 20.7. The van der Waals surface area contributed by atoms with E-state index in [9.17, 15) is 25.1 Å². The summed E-state index contributed by atoms with van der Waals surface area (Å²) in [6, 6.07) is 13.7. The van der Waals surface area contributed by atoms with E-state index >= 15 is 0 Å². The average molecular weight is 520 g/mol. The molecule has 11 nitrogen and oxygen atoms in total. The fourth-order valence-electron chi connectivity index (χ4n) is 5.26. The van der Waals surface area contributed by atoms with Gasteiger partial charge in [-0.05, 0) is 43.0 Å². The molecule has 11 heteroatoms. The first kappa shape index (κ1) is 25.8. The minimum Gasteiger partial charge on any atom is -0.463 e. The Kier molecular flexibility index (Phi) is 7.37. The van der Waals surface area contributed by atoms with Crippen LogP contribution in [0.5, 0.6) is 0 Å². The van der Waals surface area contributed by atoms with E-state index in [2.05, 4.69) is 15.4 Å². The predicted molar refractivity (Wildman–Crippen MR) is 134 cm³/mol. The highest BCUT2D eigenvalue weighted by molar-refractivity contribution is 6.05. The van der Waals surface area contributed by atoms with Crippen molar-refractivity contribution in [2.24, 2.45) is 5.92 Å². The van der Waals surface area contributed by atoms with Crippen molar-refractivity contribution in [3.8, 4) is 6.07 Å². The van der Waals surface area contributed by atoms with Gasteiger partial charge in [-0.25, -0.2) is 9.50 Å². The minimum atomic E-state index is -2.00. The standard InChI is InChI=1S/C27H29N5O6/c28-15-27(24(35)23(34)20(38-27)14-37-22(33)13-17-7-3-1-4-8-17)21-12-11-19-25(29-16-30-32(19)21)31-26(36)18-9-5-2-6-10-18/h2,5-6,9-12,16-17,20,23-24,34-35H,1,3-4,7-8,13-14H2,(H,29,30,31,36)/t20-,23-,24-,27?/m1/s1. The van der Waals surface area contributed by atoms with Crippen molar-refractivity contribution in [2.75, 3.05) is 11.9 Å². The Bertz CT molecular complexity index is 1350.